The third-order valence-electron chi connectivity index (χ3n) is 0.306. The minimum absolute atomic E-state index is 0. The molecule has 0 aliphatic rings. The summed E-state index contributed by atoms with van der Waals surface area (Å²) in [6.07, 6.45) is 0. The van der Waals surface area contributed by atoms with E-state index in [4.69, 9.17) is 0 Å². The van der Waals surface area contributed by atoms with Crippen molar-refractivity contribution in [3.8, 4) is 0 Å². The van der Waals surface area contributed by atoms with Gasteiger partial charge in [-0.2, -0.15) is 0 Å². The Kier molecular flexibility index (Phi) is 5.33. The van der Waals surface area contributed by atoms with Crippen molar-refractivity contribution in [3.63, 3.8) is 0 Å². The van der Waals surface area contributed by atoms with Crippen LogP contribution in [0, 0.1) is 0 Å². The molecule has 0 aromatic rings. The van der Waals surface area contributed by atoms with Gasteiger partial charge in [0, 0.05) is 0 Å². The van der Waals surface area contributed by atoms with Crippen LogP contribution >= 0.6 is 0 Å². The molecule has 3 heteroatoms. The molecule has 0 heterocycles. The monoisotopic (exact) mass is 211 g/mol. The first-order valence-corrected chi connectivity index (χ1v) is 4.55. The van der Waals surface area contributed by atoms with Crippen LogP contribution in [0.25, 0.3) is 0 Å². The van der Waals surface area contributed by atoms with Crippen LogP contribution in [0.5, 0.6) is 0 Å². The zero-order chi connectivity index (χ0) is 5.21. The minimum atomic E-state index is -1.23. The van der Waals surface area contributed by atoms with Crippen molar-refractivity contribution in [2.45, 2.75) is 24.2 Å². The Morgan fingerprint density at radius 2 is 1.43 bits per heavy atom. The van der Waals surface area contributed by atoms with Gasteiger partial charge < -0.3 is 5.48 Å². The van der Waals surface area contributed by atoms with Crippen molar-refractivity contribution >= 4 is 21.1 Å². The standard InChI is InChI=1S/C4H9.H2O.O.Sn/c1-4(2)3;;;/h1-3H3;1H2;;. The van der Waals surface area contributed by atoms with Crippen molar-refractivity contribution in [2.75, 3.05) is 0 Å². The molecule has 1 radical (unpaired) electrons. The molecular weight excluding hydrogens is 199 g/mol. The van der Waals surface area contributed by atoms with Crippen molar-refractivity contribution < 1.29 is 8.55 Å². The van der Waals surface area contributed by atoms with Gasteiger partial charge in [-0.15, -0.1) is 0 Å². The summed E-state index contributed by atoms with van der Waals surface area (Å²) in [6, 6.07) is 0. The molecule has 0 rings (SSSR count). The van der Waals surface area contributed by atoms with Gasteiger partial charge in [0.05, 0.1) is 0 Å². The van der Waals surface area contributed by atoms with E-state index in [-0.39, 0.29) is 8.91 Å². The van der Waals surface area contributed by atoms with Gasteiger partial charge in [-0.25, -0.2) is 0 Å². The maximum absolute atomic E-state index is 10.1. The molecule has 0 aliphatic heterocycles. The predicted molar refractivity (Wildman–Crippen MR) is 29.8 cm³/mol. The summed E-state index contributed by atoms with van der Waals surface area (Å²) in [7, 11) is 0. The molecule has 0 unspecified atom stereocenters. The minimum Gasteiger partial charge on any atom is -0.412 e. The SMILES string of the molecule is C[C](C)(C)[Sn]=[O].O. The van der Waals surface area contributed by atoms with E-state index in [2.05, 4.69) is 0 Å². The third-order valence-corrected chi connectivity index (χ3v) is 2.05. The van der Waals surface area contributed by atoms with Crippen molar-refractivity contribution in [1.29, 1.82) is 0 Å². The molecule has 0 aromatic heterocycles. The molecule has 0 amide bonds. The summed E-state index contributed by atoms with van der Waals surface area (Å²) >= 11 is -1.23. The molecule has 0 bridgehead atoms. The molecule has 0 aliphatic carbocycles. The molecule has 0 saturated heterocycles. The van der Waals surface area contributed by atoms with E-state index in [1.165, 1.54) is 0 Å². The number of hydrogen-bond acceptors (Lipinski definition) is 1. The van der Waals surface area contributed by atoms with E-state index in [0.717, 1.165) is 0 Å². The molecule has 2 N–H and O–H groups in total. The molecule has 0 spiro atoms. The zero-order valence-corrected chi connectivity index (χ0v) is 7.76. The second-order valence-electron chi connectivity index (χ2n) is 2.35. The van der Waals surface area contributed by atoms with Gasteiger partial charge in [-0.05, 0) is 0 Å². The smallest absolute Gasteiger partial charge is 0.412 e. The summed E-state index contributed by atoms with van der Waals surface area (Å²) in [5.74, 6) is 0. The van der Waals surface area contributed by atoms with Crippen molar-refractivity contribution in [1.82, 2.24) is 0 Å². The van der Waals surface area contributed by atoms with Crippen molar-refractivity contribution in [2.24, 2.45) is 0 Å². The van der Waals surface area contributed by atoms with Gasteiger partial charge in [-0.1, -0.05) is 0 Å². The first kappa shape index (κ1) is 10.5. The largest absolute Gasteiger partial charge is 0.412 e. The van der Waals surface area contributed by atoms with Crippen LogP contribution in [-0.4, -0.2) is 26.6 Å². The van der Waals surface area contributed by atoms with Crippen LogP contribution in [-0.2, 0) is 3.08 Å². The molecule has 0 fully saturated rings. The van der Waals surface area contributed by atoms with E-state index in [1.807, 2.05) is 20.8 Å². The van der Waals surface area contributed by atoms with Gasteiger partial charge in [0.1, 0.15) is 0 Å². The quantitative estimate of drug-likeness (QED) is 0.534. The summed E-state index contributed by atoms with van der Waals surface area (Å²) in [6.45, 7) is 6.02. The Morgan fingerprint density at radius 1 is 1.29 bits per heavy atom. The van der Waals surface area contributed by atoms with E-state index in [9.17, 15) is 3.08 Å². The predicted octanol–water partition coefficient (Wildman–Crippen LogP) is 0.430. The van der Waals surface area contributed by atoms with E-state index < -0.39 is 21.1 Å². The Balaban J connectivity index is 0. The molecule has 0 atom stereocenters. The maximum atomic E-state index is 10.1. The summed E-state index contributed by atoms with van der Waals surface area (Å²) in [4.78, 5) is 0. The normalized spacial score (nSPS) is 9.57. The van der Waals surface area contributed by atoms with Gasteiger partial charge in [0.15, 0.2) is 0 Å². The Bertz CT molecular complexity index is 55.2. The number of hydrogen-bond donors (Lipinski definition) is 0. The van der Waals surface area contributed by atoms with E-state index in [1.54, 1.807) is 0 Å². The fourth-order valence-electron chi connectivity index (χ4n) is 0. The molecular formula is C4H11O2Sn. The van der Waals surface area contributed by atoms with Crippen LogP contribution in [0.1, 0.15) is 20.8 Å². The average molecular weight is 210 g/mol. The van der Waals surface area contributed by atoms with Gasteiger partial charge >= 0.3 is 48.4 Å². The first-order valence-electron chi connectivity index (χ1n) is 1.95. The molecule has 7 heavy (non-hydrogen) atoms. The second kappa shape index (κ2) is 3.55. The third kappa shape index (κ3) is 10.8. The summed E-state index contributed by atoms with van der Waals surface area (Å²) in [5.41, 5.74) is 0. The average Bonchev–Trinajstić information content (AvgIpc) is 1.35. The van der Waals surface area contributed by atoms with Gasteiger partial charge in [0.2, 0.25) is 0 Å². The number of rotatable bonds is 0. The van der Waals surface area contributed by atoms with Crippen LogP contribution in [0.15, 0.2) is 0 Å². The fraction of sp³-hybridized carbons (Fsp3) is 1.00. The van der Waals surface area contributed by atoms with Crippen LogP contribution in [0.4, 0.5) is 0 Å². The van der Waals surface area contributed by atoms with Gasteiger partial charge in [0.25, 0.3) is 0 Å². The second-order valence-corrected chi connectivity index (χ2v) is 7.22. The Morgan fingerprint density at radius 3 is 1.43 bits per heavy atom. The van der Waals surface area contributed by atoms with Crippen LogP contribution < -0.4 is 0 Å². The first-order chi connectivity index (χ1) is 2.56. The van der Waals surface area contributed by atoms with E-state index >= 15 is 0 Å². The van der Waals surface area contributed by atoms with Crippen LogP contribution in [0.2, 0.25) is 3.43 Å². The summed E-state index contributed by atoms with van der Waals surface area (Å²) in [5, 5.41) is 0. The molecule has 43 valence electrons. The molecule has 0 aromatic carbocycles. The van der Waals surface area contributed by atoms with Crippen LogP contribution in [0.3, 0.4) is 0 Å². The van der Waals surface area contributed by atoms with E-state index in [0.29, 0.717) is 0 Å². The van der Waals surface area contributed by atoms with Gasteiger partial charge in [-0.3, -0.25) is 0 Å². The fourth-order valence-corrected chi connectivity index (χ4v) is 0. The van der Waals surface area contributed by atoms with Crippen molar-refractivity contribution in [3.05, 3.63) is 0 Å². The molecule has 2 nitrogen and oxygen atoms in total. The maximum Gasteiger partial charge on any atom is -0.412 e. The summed E-state index contributed by atoms with van der Waals surface area (Å²) < 4.78 is 10.3. The Hall–Kier alpha value is 0.559. The topological polar surface area (TPSA) is 48.6 Å². The zero-order valence-electron chi connectivity index (χ0n) is 4.91. The Labute approximate surface area is 54.2 Å². The molecule has 0 saturated carbocycles.